The first-order chi connectivity index (χ1) is 65.0. The Hall–Kier alpha value is -10.9. The number of carbonyl (C=O) groups excluding carboxylic acids is 6. The van der Waals surface area contributed by atoms with Crippen LogP contribution in [0.1, 0.15) is 171 Å². The van der Waals surface area contributed by atoms with Crippen LogP contribution in [0.4, 0.5) is 23.7 Å². The Morgan fingerprint density at radius 3 is 2.21 bits per heavy atom. The second kappa shape index (κ2) is 46.3. The summed E-state index contributed by atoms with van der Waals surface area (Å²) in [6.45, 7) is 20.8. The zero-order valence-electron chi connectivity index (χ0n) is 79.4. The average Bonchev–Trinajstić information content (AvgIpc) is 1.72. The molecule has 11 heterocycles. The van der Waals surface area contributed by atoms with Crippen molar-refractivity contribution in [2.75, 3.05) is 134 Å². The van der Waals surface area contributed by atoms with Crippen molar-refractivity contribution in [1.82, 2.24) is 64.3 Å². The van der Waals surface area contributed by atoms with Gasteiger partial charge >= 0.3 is 5.97 Å². The van der Waals surface area contributed by atoms with Crippen molar-refractivity contribution >= 4 is 86.8 Å². The fourth-order valence-electron chi connectivity index (χ4n) is 19.8. The monoisotopic (exact) mass is 1860 g/mol. The summed E-state index contributed by atoms with van der Waals surface area (Å²) in [7, 11) is 4.62. The highest BCUT2D eigenvalue weighted by atomic mass is 16.6. The molecule has 7 aromatic rings. The van der Waals surface area contributed by atoms with Gasteiger partial charge in [0, 0.05) is 167 Å². The number of anilines is 4. The van der Waals surface area contributed by atoms with E-state index >= 15 is 0 Å². The Labute approximate surface area is 788 Å². The number of aliphatic hydroxyl groups is 4. The Morgan fingerprint density at radius 1 is 0.719 bits per heavy atom. The number of nitrogens with two attached hydrogens (primary N) is 2. The van der Waals surface area contributed by atoms with Crippen molar-refractivity contribution in [2.45, 2.75) is 225 Å². The molecule has 0 radical (unpaired) electrons. The topological polar surface area (TPSA) is 453 Å². The molecule has 14 rings (SSSR count). The third kappa shape index (κ3) is 24.9. The third-order valence-corrected chi connectivity index (χ3v) is 28.1. The second-order valence-electron chi connectivity index (χ2n) is 37.7. The highest BCUT2D eigenvalue weighted by Crippen LogP contribution is 2.40. The van der Waals surface area contributed by atoms with E-state index in [1.807, 2.05) is 82.7 Å². The van der Waals surface area contributed by atoms with Crippen LogP contribution >= 0.6 is 0 Å². The molecule has 1 saturated carbocycles. The van der Waals surface area contributed by atoms with E-state index in [1.54, 1.807) is 71.9 Å². The number of benzene rings is 2. The Balaban J connectivity index is 0.524. The number of aliphatic hydroxyl groups excluding tert-OH is 3. The Morgan fingerprint density at radius 2 is 1.47 bits per heavy atom. The van der Waals surface area contributed by atoms with Gasteiger partial charge in [0.15, 0.2) is 23.6 Å². The van der Waals surface area contributed by atoms with E-state index < -0.39 is 84.1 Å². The lowest BCUT2D eigenvalue weighted by atomic mass is 9.78. The molecule has 3 amide bonds. The quantitative estimate of drug-likeness (QED) is 0.0108. The number of nitrogens with zero attached hydrogens (tertiary/aromatic N) is 16. The van der Waals surface area contributed by atoms with E-state index in [9.17, 15) is 49.2 Å². The summed E-state index contributed by atoms with van der Waals surface area (Å²) in [4.78, 5) is 134. The van der Waals surface area contributed by atoms with Crippen LogP contribution in [0.25, 0.3) is 33.4 Å². The normalized spacial score (nSPS) is 28.4. The molecule has 36 heteroatoms. The molecule has 36 nitrogen and oxygen atoms in total. The van der Waals surface area contributed by atoms with Gasteiger partial charge in [-0.05, 0) is 160 Å². The largest absolute Gasteiger partial charge is 0.460 e. The minimum Gasteiger partial charge on any atom is -0.460 e. The first kappa shape index (κ1) is 100. The zero-order chi connectivity index (χ0) is 95.7. The van der Waals surface area contributed by atoms with E-state index in [4.69, 9.17) is 54.2 Å². The van der Waals surface area contributed by atoms with Crippen LogP contribution in [0.3, 0.4) is 0 Å². The fourth-order valence-corrected chi connectivity index (χ4v) is 19.8. The van der Waals surface area contributed by atoms with Gasteiger partial charge in [0.25, 0.3) is 23.6 Å². The number of fused-ring (bicyclic) bond motifs is 6. The molecule has 8 N–H and O–H groups in total. The minimum atomic E-state index is -2.47. The number of piperazine rings is 2. The third-order valence-electron chi connectivity index (χ3n) is 28.1. The molecule has 0 unspecified atom stereocenters. The number of esters is 1. The standard InChI is InChI=1S/C99H134N18O18/c1-60-16-12-11-13-17-61(2)81(128-8)50-75-26-19-66(7)99(127,135-75)90(123)94(125)116-31-15-14-18-77(116)95(126)133-82(63(4)46-67-22-27-78(119)83(48-67)129-9)51-79(120)62(3)45-65(6)88(122)89(130-10)86(64(5)44-60)110-132-58-74(118)25-21-69-52-102-97(103-53-69)114-39-37-112(38-40-114)84(121)30-42-131-43-41-111-33-35-113(36-34-111)98-104-54-73(55-105-98)93(124)115-32-29-70-47-68(20-23-72(70)57-115)56-117-92-85(91(100)106-59-107-92)87(109-117)71-24-28-80-76(49-71)108-96(101)134-80/h11-13,16-17,20,23-24,28,45,47,49,52-55,59-60,62-64,66-67,75,77-79,81-83,88-89,119-120,122,127H,14-15,18-19,21-22,25-27,29-44,46,48,50-51,56-58H2,1-10H3,(H2,101,108)(H2,100,106,107)/b13-11+,16-12+,61-17+,65-45+,110-86?/t60-,62-,63-,64-,66-,67+,75+,77+,78-,79-,81+,82+,83-,88-,89+,99-/m1/s1. The van der Waals surface area contributed by atoms with Gasteiger partial charge in [-0.2, -0.15) is 10.1 Å². The maximum absolute atomic E-state index is 14.8. The van der Waals surface area contributed by atoms with Crippen molar-refractivity contribution in [3.05, 3.63) is 143 Å². The number of carbonyl (C=O) groups is 6. The Kier molecular flexibility index (Phi) is 34.3. The van der Waals surface area contributed by atoms with Gasteiger partial charge in [-0.25, -0.2) is 39.4 Å². The van der Waals surface area contributed by atoms with E-state index in [-0.39, 0.29) is 98.6 Å². The van der Waals surface area contributed by atoms with E-state index in [1.165, 1.54) is 18.3 Å². The molecular formula is C99H134N18O18. The van der Waals surface area contributed by atoms with Crippen LogP contribution in [0.2, 0.25) is 0 Å². The first-order valence-electron chi connectivity index (χ1n) is 47.8. The lowest BCUT2D eigenvalue weighted by molar-refractivity contribution is -0.265. The highest BCUT2D eigenvalue weighted by Gasteiger charge is 2.53. The summed E-state index contributed by atoms with van der Waals surface area (Å²) in [5, 5.41) is 57.7. The number of nitrogen functional groups attached to an aromatic ring is 2. The number of oxazole rings is 1. The first-order valence-corrected chi connectivity index (χ1v) is 47.8. The molecular weight excluding hydrogens is 1730 g/mol. The van der Waals surface area contributed by atoms with Crippen LogP contribution in [0.15, 0.2) is 125 Å². The van der Waals surface area contributed by atoms with Crippen LogP contribution in [-0.2, 0) is 83.2 Å². The number of cyclic esters (lactones) is 1. The van der Waals surface area contributed by atoms with Crippen molar-refractivity contribution in [1.29, 1.82) is 0 Å². The van der Waals surface area contributed by atoms with Crippen LogP contribution < -0.4 is 21.3 Å². The van der Waals surface area contributed by atoms with Crippen molar-refractivity contribution < 1.29 is 86.9 Å². The number of methoxy groups -OCH3 is 3. The van der Waals surface area contributed by atoms with E-state index in [0.29, 0.717) is 212 Å². The molecule has 5 fully saturated rings. The predicted octanol–water partition coefficient (Wildman–Crippen LogP) is 8.79. The number of hydrogen-bond acceptors (Lipinski definition) is 32. The summed E-state index contributed by atoms with van der Waals surface area (Å²) >= 11 is 0. The minimum absolute atomic E-state index is 0.0187. The van der Waals surface area contributed by atoms with Gasteiger partial charge < -0.3 is 94.1 Å². The zero-order valence-corrected chi connectivity index (χ0v) is 79.4. The average molecular weight is 1860 g/mol. The number of hydrogen-bond donors (Lipinski definition) is 6. The fraction of sp³-hybridized carbons (Fsp3) is 0.586. The molecule has 4 saturated heterocycles. The number of ether oxygens (including phenoxy) is 6. The smallest absolute Gasteiger partial charge is 0.329 e. The number of allylic oxidation sites excluding steroid dienone is 5. The molecule has 2 aromatic carbocycles. The summed E-state index contributed by atoms with van der Waals surface area (Å²) in [6.07, 6.45) is 19.7. The van der Waals surface area contributed by atoms with Gasteiger partial charge in [0.2, 0.25) is 23.6 Å². The summed E-state index contributed by atoms with van der Waals surface area (Å²) in [5.41, 5.74) is 21.5. The van der Waals surface area contributed by atoms with Gasteiger partial charge in [0.1, 0.15) is 47.7 Å². The number of piperidine rings is 1. The van der Waals surface area contributed by atoms with Gasteiger partial charge in [0.05, 0.1) is 73.4 Å². The number of rotatable bonds is 24. The molecule has 7 aliphatic rings. The van der Waals surface area contributed by atoms with Crippen LogP contribution in [-0.4, -0.2) is 299 Å². The van der Waals surface area contributed by atoms with Crippen molar-refractivity contribution in [3.8, 4) is 11.3 Å². The second-order valence-corrected chi connectivity index (χ2v) is 37.7. The van der Waals surface area contributed by atoms with Gasteiger partial charge in [-0.3, -0.25) is 28.9 Å². The van der Waals surface area contributed by atoms with E-state index in [0.717, 1.165) is 46.5 Å². The van der Waals surface area contributed by atoms with E-state index in [2.05, 4.69) is 75.0 Å². The number of aryl methyl sites for hydroxylation is 1. The van der Waals surface area contributed by atoms with Crippen LogP contribution in [0, 0.1) is 35.5 Å². The molecule has 2 bridgehead atoms. The summed E-state index contributed by atoms with van der Waals surface area (Å²) in [5.74, 6) is -6.34. The SMILES string of the molecule is CO[C@H]1C[C@@H]2CC[C@@H](C)[C@@](O)(O2)C(=O)C(=O)N2CCCC[C@H]2C(=O)O[C@H]([C@H](C)C[C@@H]2CC[C@@H](O)[C@H](OC)C2)C[C@@H](O)[C@H](C)/C=C(\C)[C@@H](O)[C@@H](OC)C(=NOCC(=O)CCc2cnc(N3CCN(C(=O)CCOCCN4CCN(c5ncc(C(=O)N6CCc7cc(Cn8nc(-c9ccc%10oc(N)nc%10c9)c9c(N)ncnc98)ccc7C6)cn5)CC4)CC3)nc2)[C@H](C)C[C@H](C)/C=C/C=C/C=C/1C. The number of aromatic nitrogens is 9. The predicted molar refractivity (Wildman–Crippen MR) is 506 cm³/mol. The lowest BCUT2D eigenvalue weighted by Crippen LogP contribution is -2.61. The molecule has 0 spiro atoms. The number of Topliss-reactive ketones (excluding diaryl/α,β-unsaturated/α-hetero) is 2. The molecule has 16 atom stereocenters. The molecule has 1 aliphatic carbocycles. The highest BCUT2D eigenvalue weighted by molar-refractivity contribution is 6.39. The number of ketones is 2. The van der Waals surface area contributed by atoms with Crippen molar-refractivity contribution in [2.24, 2.45) is 40.7 Å². The van der Waals surface area contributed by atoms with Crippen molar-refractivity contribution in [3.63, 3.8) is 0 Å². The van der Waals surface area contributed by atoms with Gasteiger partial charge in [-0.1, -0.05) is 94.4 Å². The lowest BCUT2D eigenvalue weighted by Gasteiger charge is -2.43. The Bertz CT molecular complexity index is 5400. The van der Waals surface area contributed by atoms with Crippen LogP contribution in [0.5, 0.6) is 0 Å². The molecule has 5 aromatic heterocycles. The maximum Gasteiger partial charge on any atom is 0.329 e. The summed E-state index contributed by atoms with van der Waals surface area (Å²) < 4.78 is 43.8. The number of amides is 3. The molecule has 6 aliphatic heterocycles. The molecule has 135 heavy (non-hydrogen) atoms. The molecule has 728 valence electrons. The maximum atomic E-state index is 14.8. The summed E-state index contributed by atoms with van der Waals surface area (Å²) in [6, 6.07) is 10.7. The number of oxime groups is 1. The van der Waals surface area contributed by atoms with Gasteiger partial charge in [-0.15, -0.1) is 0 Å².